The summed E-state index contributed by atoms with van der Waals surface area (Å²) in [5.74, 6) is -0.888. The Kier molecular flexibility index (Phi) is 5.64. The Bertz CT molecular complexity index is 452. The lowest BCUT2D eigenvalue weighted by Crippen LogP contribution is -2.16. The molecule has 0 spiro atoms. The van der Waals surface area contributed by atoms with Crippen molar-refractivity contribution in [2.75, 3.05) is 7.05 Å². The molecule has 0 aliphatic rings. The van der Waals surface area contributed by atoms with Crippen molar-refractivity contribution >= 4 is 18.0 Å². The highest BCUT2D eigenvalue weighted by atomic mass is 16.4. The van der Waals surface area contributed by atoms with Gasteiger partial charge in [-0.2, -0.15) is 0 Å². The van der Waals surface area contributed by atoms with E-state index in [0.29, 0.717) is 6.42 Å². The van der Waals surface area contributed by atoms with Crippen LogP contribution in [0, 0.1) is 0 Å². The topological polar surface area (TPSA) is 66.4 Å². The molecule has 1 aromatic rings. The molecule has 4 heteroatoms. The van der Waals surface area contributed by atoms with Crippen molar-refractivity contribution in [3.63, 3.8) is 0 Å². The van der Waals surface area contributed by atoms with E-state index < -0.39 is 5.97 Å². The maximum Gasteiger partial charge on any atom is 0.335 e. The monoisotopic (exact) mass is 247 g/mol. The first-order valence-corrected chi connectivity index (χ1v) is 5.84. The predicted molar refractivity (Wildman–Crippen MR) is 70.4 cm³/mol. The van der Waals surface area contributed by atoms with E-state index in [1.165, 1.54) is 0 Å². The second kappa shape index (κ2) is 7.27. The van der Waals surface area contributed by atoms with Crippen LogP contribution in [0.5, 0.6) is 0 Å². The standard InChI is InChI=1S/C14H17NO3/c1-15-13(16)9-4-2-3-6-11-7-5-8-12(10-11)14(17)18/h3,5-8,10H,2,4,9H2,1H3,(H,15,16)(H,17,18). The molecule has 0 aliphatic heterocycles. The van der Waals surface area contributed by atoms with Crippen LogP contribution in [0.3, 0.4) is 0 Å². The molecule has 0 fully saturated rings. The minimum absolute atomic E-state index is 0.0382. The molecule has 0 atom stereocenters. The number of allylic oxidation sites excluding steroid dienone is 1. The smallest absolute Gasteiger partial charge is 0.335 e. The van der Waals surface area contributed by atoms with Crippen LogP contribution >= 0.6 is 0 Å². The van der Waals surface area contributed by atoms with E-state index >= 15 is 0 Å². The van der Waals surface area contributed by atoms with E-state index in [1.54, 1.807) is 25.2 Å². The number of carboxylic acids is 1. The zero-order valence-corrected chi connectivity index (χ0v) is 10.3. The van der Waals surface area contributed by atoms with Crippen molar-refractivity contribution in [1.82, 2.24) is 5.32 Å². The molecule has 0 unspecified atom stereocenters. The molecule has 18 heavy (non-hydrogen) atoms. The fourth-order valence-electron chi connectivity index (χ4n) is 1.50. The molecule has 4 nitrogen and oxygen atoms in total. The quantitative estimate of drug-likeness (QED) is 0.758. The molecule has 0 saturated carbocycles. The highest BCUT2D eigenvalue weighted by Crippen LogP contribution is 2.08. The molecule has 0 bridgehead atoms. The van der Waals surface area contributed by atoms with E-state index in [2.05, 4.69) is 5.32 Å². The number of benzene rings is 1. The summed E-state index contributed by atoms with van der Waals surface area (Å²) >= 11 is 0. The van der Waals surface area contributed by atoms with Crippen LogP contribution in [-0.4, -0.2) is 24.0 Å². The Morgan fingerprint density at radius 2 is 2.17 bits per heavy atom. The second-order valence-electron chi connectivity index (χ2n) is 3.90. The Hall–Kier alpha value is -2.10. The van der Waals surface area contributed by atoms with Gasteiger partial charge in [0.05, 0.1) is 5.56 Å². The summed E-state index contributed by atoms with van der Waals surface area (Å²) < 4.78 is 0. The first-order chi connectivity index (χ1) is 8.63. The van der Waals surface area contributed by atoms with Gasteiger partial charge in [-0.1, -0.05) is 24.3 Å². The fourth-order valence-corrected chi connectivity index (χ4v) is 1.50. The van der Waals surface area contributed by atoms with Crippen molar-refractivity contribution < 1.29 is 14.7 Å². The number of hydrogen-bond acceptors (Lipinski definition) is 2. The second-order valence-corrected chi connectivity index (χ2v) is 3.90. The molecule has 2 N–H and O–H groups in total. The van der Waals surface area contributed by atoms with Crippen LogP contribution < -0.4 is 5.32 Å². The highest BCUT2D eigenvalue weighted by molar-refractivity contribution is 5.88. The van der Waals surface area contributed by atoms with Crippen LogP contribution in [0.4, 0.5) is 0 Å². The summed E-state index contributed by atoms with van der Waals surface area (Å²) in [6.45, 7) is 0. The van der Waals surface area contributed by atoms with Crippen molar-refractivity contribution in [3.05, 3.63) is 41.5 Å². The molecule has 0 heterocycles. The molecule has 1 rings (SSSR count). The Morgan fingerprint density at radius 1 is 1.39 bits per heavy atom. The number of carbonyl (C=O) groups excluding carboxylic acids is 1. The highest BCUT2D eigenvalue weighted by Gasteiger charge is 2.01. The summed E-state index contributed by atoms with van der Waals surface area (Å²) in [6.07, 6.45) is 5.91. The average molecular weight is 247 g/mol. The third kappa shape index (κ3) is 4.82. The van der Waals surface area contributed by atoms with Crippen LogP contribution in [0.15, 0.2) is 30.3 Å². The Labute approximate surface area is 106 Å². The molecule has 1 aromatic carbocycles. The van der Waals surface area contributed by atoms with Gasteiger partial charge in [-0.05, 0) is 30.5 Å². The van der Waals surface area contributed by atoms with E-state index in [1.807, 2.05) is 18.2 Å². The molecular weight excluding hydrogens is 230 g/mol. The number of amides is 1. The van der Waals surface area contributed by atoms with Crippen LogP contribution in [0.25, 0.3) is 6.08 Å². The van der Waals surface area contributed by atoms with Gasteiger partial charge >= 0.3 is 5.97 Å². The van der Waals surface area contributed by atoms with Gasteiger partial charge in [0.15, 0.2) is 0 Å². The van der Waals surface area contributed by atoms with Gasteiger partial charge in [-0.15, -0.1) is 0 Å². The lowest BCUT2D eigenvalue weighted by atomic mass is 10.1. The van der Waals surface area contributed by atoms with E-state index in [0.717, 1.165) is 18.4 Å². The average Bonchev–Trinajstić information content (AvgIpc) is 2.38. The lowest BCUT2D eigenvalue weighted by Gasteiger charge is -1.98. The SMILES string of the molecule is CNC(=O)CCCC=Cc1cccc(C(=O)O)c1. The zero-order valence-electron chi connectivity index (χ0n) is 10.3. The normalized spacial score (nSPS) is 10.5. The van der Waals surface area contributed by atoms with Gasteiger partial charge in [0.2, 0.25) is 5.91 Å². The third-order valence-electron chi connectivity index (χ3n) is 2.50. The van der Waals surface area contributed by atoms with Crippen LogP contribution in [-0.2, 0) is 4.79 Å². The maximum atomic E-state index is 11.0. The van der Waals surface area contributed by atoms with Gasteiger partial charge < -0.3 is 10.4 Å². The van der Waals surface area contributed by atoms with Gasteiger partial charge in [0, 0.05) is 13.5 Å². The van der Waals surface area contributed by atoms with Crippen molar-refractivity contribution in [2.24, 2.45) is 0 Å². The largest absolute Gasteiger partial charge is 0.478 e. The molecular formula is C14H17NO3. The number of nitrogens with one attached hydrogen (secondary N) is 1. The first kappa shape index (κ1) is 14.0. The Morgan fingerprint density at radius 3 is 2.83 bits per heavy atom. The van der Waals surface area contributed by atoms with E-state index in [9.17, 15) is 9.59 Å². The summed E-state index contributed by atoms with van der Waals surface area (Å²) in [6, 6.07) is 6.75. The van der Waals surface area contributed by atoms with Crippen molar-refractivity contribution in [1.29, 1.82) is 0 Å². The summed E-state index contributed by atoms with van der Waals surface area (Å²) in [5.41, 5.74) is 1.14. The minimum atomic E-state index is -0.926. The molecule has 0 aliphatic carbocycles. The fraction of sp³-hybridized carbons (Fsp3) is 0.286. The molecule has 0 radical (unpaired) electrons. The van der Waals surface area contributed by atoms with Crippen LogP contribution in [0.1, 0.15) is 35.2 Å². The van der Waals surface area contributed by atoms with Crippen molar-refractivity contribution in [2.45, 2.75) is 19.3 Å². The summed E-state index contributed by atoms with van der Waals surface area (Å²) in [7, 11) is 1.62. The molecule has 96 valence electrons. The number of carboxylic acid groups (broad SMARTS) is 1. The number of aromatic carboxylic acids is 1. The van der Waals surface area contributed by atoms with Gasteiger partial charge in [0.25, 0.3) is 0 Å². The van der Waals surface area contributed by atoms with Crippen LogP contribution in [0.2, 0.25) is 0 Å². The summed E-state index contributed by atoms with van der Waals surface area (Å²) in [5, 5.41) is 11.4. The zero-order chi connectivity index (χ0) is 13.4. The number of carbonyl (C=O) groups is 2. The van der Waals surface area contributed by atoms with Gasteiger partial charge in [0.1, 0.15) is 0 Å². The maximum absolute atomic E-state index is 11.0. The van der Waals surface area contributed by atoms with E-state index in [-0.39, 0.29) is 11.5 Å². The summed E-state index contributed by atoms with van der Waals surface area (Å²) in [4.78, 5) is 21.7. The van der Waals surface area contributed by atoms with Gasteiger partial charge in [-0.3, -0.25) is 4.79 Å². The molecule has 0 aromatic heterocycles. The predicted octanol–water partition coefficient (Wildman–Crippen LogP) is 2.31. The molecule has 1 amide bonds. The first-order valence-electron chi connectivity index (χ1n) is 5.84. The number of hydrogen-bond donors (Lipinski definition) is 2. The third-order valence-corrected chi connectivity index (χ3v) is 2.50. The lowest BCUT2D eigenvalue weighted by molar-refractivity contribution is -0.120. The van der Waals surface area contributed by atoms with Crippen molar-refractivity contribution in [3.8, 4) is 0 Å². The molecule has 0 saturated heterocycles. The van der Waals surface area contributed by atoms with E-state index in [4.69, 9.17) is 5.11 Å². The number of rotatable bonds is 6. The number of unbranched alkanes of at least 4 members (excludes halogenated alkanes) is 1. The Balaban J connectivity index is 2.44. The minimum Gasteiger partial charge on any atom is -0.478 e. The van der Waals surface area contributed by atoms with Gasteiger partial charge in [-0.25, -0.2) is 4.79 Å².